The third kappa shape index (κ3) is 7.07. The summed E-state index contributed by atoms with van der Waals surface area (Å²) in [6.45, 7) is 4.16. The summed E-state index contributed by atoms with van der Waals surface area (Å²) >= 11 is 1.72. The Hall–Kier alpha value is -3.46. The molecule has 1 saturated heterocycles. The lowest BCUT2D eigenvalue weighted by atomic mass is 9.91. The maximum Gasteiger partial charge on any atom is 0.221 e. The Balaban J connectivity index is 1.37. The van der Waals surface area contributed by atoms with Gasteiger partial charge in [0, 0.05) is 41.3 Å². The highest BCUT2D eigenvalue weighted by Gasteiger charge is 2.38. The van der Waals surface area contributed by atoms with Crippen molar-refractivity contribution >= 4 is 23.4 Å². The van der Waals surface area contributed by atoms with Gasteiger partial charge in [0.1, 0.15) is 0 Å². The molecule has 1 amide bonds. The average molecular weight is 569 g/mol. The van der Waals surface area contributed by atoms with Crippen molar-refractivity contribution < 1.29 is 19.4 Å². The first-order valence-electron chi connectivity index (χ1n) is 13.8. The molecule has 1 fully saturated rings. The van der Waals surface area contributed by atoms with Crippen LogP contribution in [0, 0.1) is 5.92 Å². The molecule has 212 valence electrons. The molecular weight excluding hydrogens is 532 g/mol. The van der Waals surface area contributed by atoms with E-state index in [9.17, 15) is 9.90 Å². The molecule has 41 heavy (non-hydrogen) atoms. The molecular formula is C34H36N2O4S. The van der Waals surface area contributed by atoms with E-state index in [2.05, 4.69) is 48.6 Å². The van der Waals surface area contributed by atoms with Crippen molar-refractivity contribution in [2.75, 3.05) is 11.1 Å². The second kappa shape index (κ2) is 13.5. The van der Waals surface area contributed by atoms with Gasteiger partial charge in [-0.1, -0.05) is 79.7 Å². The normalized spacial score (nSPS) is 20.5. The van der Waals surface area contributed by atoms with Gasteiger partial charge in [-0.2, -0.15) is 0 Å². The van der Waals surface area contributed by atoms with Crippen LogP contribution >= 0.6 is 11.8 Å². The third-order valence-electron chi connectivity index (χ3n) is 7.44. The highest BCUT2D eigenvalue weighted by Crippen LogP contribution is 2.43. The first-order chi connectivity index (χ1) is 19.9. The van der Waals surface area contributed by atoms with E-state index < -0.39 is 6.29 Å². The molecule has 1 heterocycles. The molecule has 6 nitrogen and oxygen atoms in total. The zero-order valence-corrected chi connectivity index (χ0v) is 24.1. The van der Waals surface area contributed by atoms with Crippen molar-refractivity contribution in [2.45, 2.75) is 50.4 Å². The summed E-state index contributed by atoms with van der Waals surface area (Å²) in [7, 11) is 0. The molecule has 4 atom stereocenters. The Morgan fingerprint density at radius 3 is 2.24 bits per heavy atom. The summed E-state index contributed by atoms with van der Waals surface area (Å²) in [5, 5.41) is 12.3. The number of hydrogen-bond donors (Lipinski definition) is 3. The number of carbonyl (C=O) groups is 1. The second-order valence-electron chi connectivity index (χ2n) is 10.3. The lowest BCUT2D eigenvalue weighted by molar-refractivity contribution is -0.268. The van der Waals surface area contributed by atoms with Crippen molar-refractivity contribution in [3.8, 4) is 11.1 Å². The number of aliphatic hydroxyl groups excluding tert-OH is 1. The van der Waals surface area contributed by atoms with Gasteiger partial charge in [0.2, 0.25) is 5.91 Å². The molecule has 0 radical (unpaired) electrons. The van der Waals surface area contributed by atoms with Crippen LogP contribution in [-0.4, -0.2) is 22.9 Å². The summed E-state index contributed by atoms with van der Waals surface area (Å²) in [5.74, 6) is 0.747. The van der Waals surface area contributed by atoms with Crippen LogP contribution in [0.15, 0.2) is 102 Å². The smallest absolute Gasteiger partial charge is 0.221 e. The van der Waals surface area contributed by atoms with Crippen LogP contribution in [0.1, 0.15) is 48.5 Å². The summed E-state index contributed by atoms with van der Waals surface area (Å²) in [6.07, 6.45) is -0.777. The number of hydrogen-bond acceptors (Lipinski definition) is 6. The Morgan fingerprint density at radius 1 is 0.902 bits per heavy atom. The lowest BCUT2D eigenvalue weighted by Crippen LogP contribution is -2.38. The van der Waals surface area contributed by atoms with E-state index in [-0.39, 0.29) is 30.6 Å². The van der Waals surface area contributed by atoms with E-state index in [0.717, 1.165) is 49.7 Å². The van der Waals surface area contributed by atoms with Gasteiger partial charge in [-0.3, -0.25) is 4.79 Å². The van der Waals surface area contributed by atoms with Crippen LogP contribution in [0.4, 0.5) is 5.69 Å². The molecule has 4 aromatic carbocycles. The molecule has 0 saturated carbocycles. The molecule has 0 spiro atoms. The van der Waals surface area contributed by atoms with Crippen LogP contribution in [0.2, 0.25) is 0 Å². The van der Waals surface area contributed by atoms with E-state index in [0.29, 0.717) is 6.54 Å². The van der Waals surface area contributed by atoms with Crippen molar-refractivity contribution in [2.24, 2.45) is 11.7 Å². The number of carbonyl (C=O) groups excluding carboxylic acids is 1. The zero-order chi connectivity index (χ0) is 28.8. The Kier molecular flexibility index (Phi) is 9.54. The molecule has 4 aromatic rings. The Labute approximate surface area is 245 Å². The minimum absolute atomic E-state index is 0.00667. The number of nitrogens with one attached hydrogen (secondary N) is 1. The number of thioether (sulfide) groups is 1. The molecule has 0 bridgehead atoms. The molecule has 4 N–H and O–H groups in total. The fourth-order valence-corrected chi connectivity index (χ4v) is 6.19. The van der Waals surface area contributed by atoms with Gasteiger partial charge < -0.3 is 25.6 Å². The number of nitrogens with two attached hydrogens (primary N) is 1. The average Bonchev–Trinajstić information content (AvgIpc) is 3.01. The van der Waals surface area contributed by atoms with E-state index in [1.54, 1.807) is 11.8 Å². The van der Waals surface area contributed by atoms with Crippen molar-refractivity contribution in [1.82, 2.24) is 0 Å². The van der Waals surface area contributed by atoms with Gasteiger partial charge in [0.25, 0.3) is 0 Å². The molecule has 0 aliphatic carbocycles. The van der Waals surface area contributed by atoms with Gasteiger partial charge in [-0.05, 0) is 52.1 Å². The zero-order valence-electron chi connectivity index (χ0n) is 23.3. The predicted molar refractivity (Wildman–Crippen MR) is 164 cm³/mol. The molecule has 5 rings (SSSR count). The first-order valence-corrected chi connectivity index (χ1v) is 14.8. The summed E-state index contributed by atoms with van der Waals surface area (Å²) in [6, 6.07) is 32.3. The summed E-state index contributed by atoms with van der Waals surface area (Å²) in [5.41, 5.74) is 13.0. The number of benzene rings is 4. The Bertz CT molecular complexity index is 1440. The first kappa shape index (κ1) is 29.0. The van der Waals surface area contributed by atoms with Gasteiger partial charge in [-0.25, -0.2) is 0 Å². The second-order valence-corrected chi connectivity index (χ2v) is 11.4. The van der Waals surface area contributed by atoms with Crippen LogP contribution in [0.3, 0.4) is 0 Å². The van der Waals surface area contributed by atoms with E-state index >= 15 is 0 Å². The summed E-state index contributed by atoms with van der Waals surface area (Å²) < 4.78 is 13.2. The minimum atomic E-state index is -0.528. The number of amides is 1. The monoisotopic (exact) mass is 568 g/mol. The van der Waals surface area contributed by atoms with E-state index in [1.165, 1.54) is 6.92 Å². The molecule has 1 aliphatic rings. The third-order valence-corrected chi connectivity index (χ3v) is 8.54. The van der Waals surface area contributed by atoms with Crippen LogP contribution in [-0.2, 0) is 27.4 Å². The Morgan fingerprint density at radius 2 is 1.59 bits per heavy atom. The van der Waals surface area contributed by atoms with Gasteiger partial charge in [0.15, 0.2) is 6.29 Å². The van der Waals surface area contributed by atoms with Crippen molar-refractivity contribution in [1.29, 1.82) is 0 Å². The van der Waals surface area contributed by atoms with Crippen LogP contribution in [0.5, 0.6) is 0 Å². The number of anilines is 1. The highest BCUT2D eigenvalue weighted by molar-refractivity contribution is 7.99. The molecule has 1 aliphatic heterocycles. The predicted octanol–water partition coefficient (Wildman–Crippen LogP) is 6.85. The van der Waals surface area contributed by atoms with Crippen molar-refractivity contribution in [3.05, 3.63) is 119 Å². The fourth-order valence-electron chi connectivity index (χ4n) is 5.13. The van der Waals surface area contributed by atoms with E-state index in [4.69, 9.17) is 15.2 Å². The standard InChI is InChI=1S/C34H36N2O4S/c1-22-32(21-41-30-17-15-29(16-18-30)36-23(2)38)39-34(40-33(22)26-9-7-24(20-37)8-10-26)27-13-11-25(12-14-27)31-6-4-3-5-28(31)19-35/h3-18,22,32-34,37H,19-21,35H2,1-2H3,(H,36,38)/t22-,32+,33+,34+/m0/s1. The summed E-state index contributed by atoms with van der Waals surface area (Å²) in [4.78, 5) is 12.5. The quantitative estimate of drug-likeness (QED) is 0.191. The maximum absolute atomic E-state index is 11.4. The fraction of sp³-hybridized carbons (Fsp3) is 0.265. The van der Waals surface area contributed by atoms with Gasteiger partial charge in [-0.15, -0.1) is 11.8 Å². The van der Waals surface area contributed by atoms with Crippen molar-refractivity contribution in [3.63, 3.8) is 0 Å². The largest absolute Gasteiger partial charge is 0.392 e. The van der Waals surface area contributed by atoms with Gasteiger partial charge in [0.05, 0.1) is 18.8 Å². The van der Waals surface area contributed by atoms with Crippen LogP contribution < -0.4 is 11.1 Å². The lowest BCUT2D eigenvalue weighted by Gasteiger charge is -2.41. The van der Waals surface area contributed by atoms with Gasteiger partial charge >= 0.3 is 0 Å². The molecule has 0 aromatic heterocycles. The number of aliphatic hydroxyl groups is 1. The molecule has 7 heteroatoms. The molecule has 0 unspecified atom stereocenters. The van der Waals surface area contributed by atoms with Crippen LogP contribution in [0.25, 0.3) is 11.1 Å². The maximum atomic E-state index is 11.4. The number of rotatable bonds is 9. The van der Waals surface area contributed by atoms with E-state index in [1.807, 2.05) is 60.7 Å². The number of ether oxygens (including phenoxy) is 2. The SMILES string of the molecule is CC(=O)Nc1ccc(SC[C@H]2O[C@@H](c3ccc(-c4ccccc4CN)cc3)O[C@@H](c3ccc(CO)cc3)[C@H]2C)cc1. The minimum Gasteiger partial charge on any atom is -0.392 e. The highest BCUT2D eigenvalue weighted by atomic mass is 32.2. The topological polar surface area (TPSA) is 93.8 Å².